The average Bonchev–Trinajstić information content (AvgIpc) is 2.31. The Balaban J connectivity index is 2.77. The fraction of sp³-hybridized carbons (Fsp3) is 0.0769. The Hall–Kier alpha value is -1.63. The first-order valence-electron chi connectivity index (χ1n) is 5.22. The van der Waals surface area contributed by atoms with Gasteiger partial charge in [0.2, 0.25) is 5.43 Å². The first-order chi connectivity index (χ1) is 8.54. The second kappa shape index (κ2) is 4.93. The molecule has 0 saturated carbocycles. The number of benzene rings is 1. The molecule has 0 saturated heterocycles. The predicted octanol–water partition coefficient (Wildman–Crippen LogP) is 2.56. The third-order valence-electron chi connectivity index (χ3n) is 2.64. The fourth-order valence-electron chi connectivity index (χ4n) is 1.76. The first-order valence-corrected chi connectivity index (χ1v) is 6.30. The normalized spacial score (nSPS) is 10.5. The molecule has 0 aliphatic heterocycles. The van der Waals surface area contributed by atoms with Gasteiger partial charge in [0.05, 0.1) is 0 Å². The summed E-state index contributed by atoms with van der Waals surface area (Å²) in [5.74, 6) is -1.22. The van der Waals surface area contributed by atoms with Crippen LogP contribution in [0.4, 0.5) is 0 Å². The summed E-state index contributed by atoms with van der Waals surface area (Å²) in [6.45, 7) is 3.68. The number of fused-ring (bicyclic) bond motifs is 1. The average molecular weight is 355 g/mol. The van der Waals surface area contributed by atoms with Crippen molar-refractivity contribution in [3.8, 4) is 0 Å². The third kappa shape index (κ3) is 2.17. The molecule has 2 aromatic rings. The Labute approximate surface area is 116 Å². The topological polar surface area (TPSA) is 70.2 Å². The maximum atomic E-state index is 12.0. The number of aromatic carboxylic acids is 1. The number of hydrogen-bond donors (Lipinski definition) is 2. The second-order valence-electron chi connectivity index (χ2n) is 3.82. The molecule has 1 heterocycles. The molecule has 0 bridgehead atoms. The number of nitrogens with one attached hydrogen (secondary N) is 1. The molecule has 92 valence electrons. The largest absolute Gasteiger partial charge is 0.477 e. The minimum Gasteiger partial charge on any atom is -0.477 e. The number of carboxylic acids is 1. The maximum absolute atomic E-state index is 12.0. The van der Waals surface area contributed by atoms with Crippen LogP contribution in [0.25, 0.3) is 10.9 Å². The van der Waals surface area contributed by atoms with Gasteiger partial charge in [-0.1, -0.05) is 6.08 Å². The molecule has 5 heteroatoms. The lowest BCUT2D eigenvalue weighted by Gasteiger charge is -2.05. The van der Waals surface area contributed by atoms with E-state index < -0.39 is 11.4 Å². The van der Waals surface area contributed by atoms with Crippen LogP contribution >= 0.6 is 22.6 Å². The van der Waals surface area contributed by atoms with Crippen LogP contribution in [0.1, 0.15) is 15.9 Å². The zero-order valence-electron chi connectivity index (χ0n) is 9.37. The molecule has 2 rings (SSSR count). The van der Waals surface area contributed by atoms with Crippen molar-refractivity contribution in [1.82, 2.24) is 4.98 Å². The van der Waals surface area contributed by atoms with E-state index in [-0.39, 0.29) is 5.56 Å². The highest BCUT2D eigenvalue weighted by Crippen LogP contribution is 2.19. The summed E-state index contributed by atoms with van der Waals surface area (Å²) in [6, 6.07) is 3.56. The molecule has 0 unspecified atom stereocenters. The van der Waals surface area contributed by atoms with Crippen molar-refractivity contribution in [3.63, 3.8) is 0 Å². The number of carbonyl (C=O) groups is 1. The van der Waals surface area contributed by atoms with Gasteiger partial charge in [-0.05, 0) is 46.7 Å². The van der Waals surface area contributed by atoms with Gasteiger partial charge in [-0.2, -0.15) is 0 Å². The molecule has 0 amide bonds. The van der Waals surface area contributed by atoms with Crippen molar-refractivity contribution >= 4 is 39.5 Å². The number of rotatable bonds is 3. The molecule has 4 nitrogen and oxygen atoms in total. The molecule has 0 spiro atoms. The van der Waals surface area contributed by atoms with E-state index >= 15 is 0 Å². The second-order valence-corrected chi connectivity index (χ2v) is 4.98. The Kier molecular flexibility index (Phi) is 3.51. The summed E-state index contributed by atoms with van der Waals surface area (Å²) in [5.41, 5.74) is 0.994. The van der Waals surface area contributed by atoms with Gasteiger partial charge in [0.25, 0.3) is 0 Å². The molecule has 0 aliphatic rings. The van der Waals surface area contributed by atoms with E-state index in [1.807, 2.05) is 6.07 Å². The van der Waals surface area contributed by atoms with Crippen molar-refractivity contribution in [3.05, 3.63) is 55.9 Å². The van der Waals surface area contributed by atoms with E-state index in [0.29, 0.717) is 17.3 Å². The van der Waals surface area contributed by atoms with Crippen LogP contribution in [0.3, 0.4) is 0 Å². The minimum atomic E-state index is -1.22. The summed E-state index contributed by atoms with van der Waals surface area (Å²) >= 11 is 2.13. The van der Waals surface area contributed by atoms with Gasteiger partial charge in [0.1, 0.15) is 5.56 Å². The number of hydrogen-bond acceptors (Lipinski definition) is 2. The lowest BCUT2D eigenvalue weighted by Crippen LogP contribution is -2.15. The molecule has 0 atom stereocenters. The van der Waals surface area contributed by atoms with E-state index in [2.05, 4.69) is 34.2 Å². The Morgan fingerprint density at radius 1 is 1.50 bits per heavy atom. The van der Waals surface area contributed by atoms with E-state index in [4.69, 9.17) is 5.11 Å². The van der Waals surface area contributed by atoms with Crippen LogP contribution in [-0.2, 0) is 6.42 Å². The van der Waals surface area contributed by atoms with Crippen LogP contribution < -0.4 is 5.43 Å². The van der Waals surface area contributed by atoms with Gasteiger partial charge in [-0.3, -0.25) is 4.79 Å². The lowest BCUT2D eigenvalue weighted by atomic mass is 10.1. The number of aromatic nitrogens is 1. The number of pyridine rings is 1. The van der Waals surface area contributed by atoms with E-state index in [1.165, 1.54) is 6.20 Å². The molecule has 1 aromatic carbocycles. The number of carboxylic acid groups (broad SMARTS) is 1. The van der Waals surface area contributed by atoms with Crippen molar-refractivity contribution in [2.75, 3.05) is 0 Å². The molecule has 0 radical (unpaired) electrons. The van der Waals surface area contributed by atoms with Crippen LogP contribution in [0.2, 0.25) is 0 Å². The summed E-state index contributed by atoms with van der Waals surface area (Å²) < 4.78 is 0.924. The van der Waals surface area contributed by atoms with Gasteiger partial charge >= 0.3 is 5.97 Å². The quantitative estimate of drug-likeness (QED) is 0.657. The fourth-order valence-corrected chi connectivity index (χ4v) is 2.44. The highest BCUT2D eigenvalue weighted by Gasteiger charge is 2.12. The van der Waals surface area contributed by atoms with Crippen LogP contribution in [-0.4, -0.2) is 16.1 Å². The van der Waals surface area contributed by atoms with E-state index in [1.54, 1.807) is 12.1 Å². The smallest absolute Gasteiger partial charge is 0.341 e. The summed E-state index contributed by atoms with van der Waals surface area (Å²) in [7, 11) is 0. The predicted molar refractivity (Wildman–Crippen MR) is 78.1 cm³/mol. The molecule has 1 aromatic heterocycles. The van der Waals surface area contributed by atoms with Gasteiger partial charge in [0.15, 0.2) is 0 Å². The molecule has 18 heavy (non-hydrogen) atoms. The molecule has 2 N–H and O–H groups in total. The molecule has 0 aliphatic carbocycles. The monoisotopic (exact) mass is 355 g/mol. The lowest BCUT2D eigenvalue weighted by molar-refractivity contribution is 0.0695. The van der Waals surface area contributed by atoms with Gasteiger partial charge in [0, 0.05) is 20.7 Å². The van der Waals surface area contributed by atoms with Crippen molar-refractivity contribution in [2.24, 2.45) is 0 Å². The highest BCUT2D eigenvalue weighted by molar-refractivity contribution is 14.1. The van der Waals surface area contributed by atoms with Gasteiger partial charge < -0.3 is 10.1 Å². The molecular formula is C13H10INO3. The first kappa shape index (κ1) is 12.8. The molecule has 0 fully saturated rings. The summed E-state index contributed by atoms with van der Waals surface area (Å²) in [5, 5.41) is 9.29. The van der Waals surface area contributed by atoms with Crippen LogP contribution in [0, 0.1) is 3.57 Å². The number of aromatic amines is 1. The van der Waals surface area contributed by atoms with Crippen molar-refractivity contribution in [1.29, 1.82) is 0 Å². The molecular weight excluding hydrogens is 345 g/mol. The van der Waals surface area contributed by atoms with Crippen molar-refractivity contribution < 1.29 is 9.90 Å². The minimum absolute atomic E-state index is 0.241. The summed E-state index contributed by atoms with van der Waals surface area (Å²) in [6.07, 6.45) is 3.72. The van der Waals surface area contributed by atoms with Crippen LogP contribution in [0.5, 0.6) is 0 Å². The highest BCUT2D eigenvalue weighted by atomic mass is 127. The number of allylic oxidation sites excluding steroid dienone is 1. The maximum Gasteiger partial charge on any atom is 0.341 e. The van der Waals surface area contributed by atoms with E-state index in [0.717, 1.165) is 9.13 Å². The van der Waals surface area contributed by atoms with E-state index in [9.17, 15) is 9.59 Å². The van der Waals surface area contributed by atoms with Crippen molar-refractivity contribution in [2.45, 2.75) is 6.42 Å². The Bertz CT molecular complexity index is 703. The SMILES string of the molecule is C=CCc1cc2[nH]cc(C(=O)O)c(=O)c2cc1I. The zero-order valence-corrected chi connectivity index (χ0v) is 11.5. The standard InChI is InChI=1S/C13H10INO3/c1-2-3-7-4-11-8(5-10(7)14)12(16)9(6-15-11)13(17)18/h2,4-6H,1,3H2,(H,15,16)(H,17,18). The van der Waals surface area contributed by atoms with Gasteiger partial charge in [-0.15, -0.1) is 6.58 Å². The van der Waals surface area contributed by atoms with Crippen LogP contribution in [0.15, 0.2) is 35.8 Å². The third-order valence-corrected chi connectivity index (χ3v) is 3.65. The Morgan fingerprint density at radius 2 is 2.22 bits per heavy atom. The Morgan fingerprint density at radius 3 is 2.83 bits per heavy atom. The number of halogens is 1. The summed E-state index contributed by atoms with van der Waals surface area (Å²) in [4.78, 5) is 25.7. The van der Waals surface area contributed by atoms with Gasteiger partial charge in [-0.25, -0.2) is 4.79 Å². The number of H-pyrrole nitrogens is 1. The zero-order chi connectivity index (χ0) is 13.3.